The molecule has 5 aromatic carbocycles. The average Bonchev–Trinajstić information content (AvgIpc) is 3.19. The molecule has 0 radical (unpaired) electrons. The van der Waals surface area contributed by atoms with Crippen LogP contribution in [0.5, 0.6) is 17.2 Å². The van der Waals surface area contributed by atoms with E-state index in [1.807, 2.05) is 48.5 Å². The largest absolute Gasteiger partial charge is 0.508 e. The van der Waals surface area contributed by atoms with E-state index in [1.54, 1.807) is 55.5 Å². The molecule has 0 fully saturated rings. The molecule has 1 atom stereocenters. The lowest BCUT2D eigenvalue weighted by Crippen LogP contribution is -2.26. The summed E-state index contributed by atoms with van der Waals surface area (Å²) in [6.07, 6.45) is 3.35. The van der Waals surface area contributed by atoms with Gasteiger partial charge in [0.2, 0.25) is 0 Å². The highest BCUT2D eigenvalue weighted by Crippen LogP contribution is 2.41. The maximum atomic E-state index is 11.9. The summed E-state index contributed by atoms with van der Waals surface area (Å²) in [6.45, 7) is 8.30. The number of phenolic OH excluding ortho intramolecular Hbond substituents is 3. The van der Waals surface area contributed by atoms with Crippen molar-refractivity contribution < 1.29 is 32.7 Å². The van der Waals surface area contributed by atoms with E-state index in [-0.39, 0.29) is 29.4 Å². The Bertz CT molecular complexity index is 2100. The second-order valence-corrected chi connectivity index (χ2v) is 14.4. The van der Waals surface area contributed by atoms with E-state index < -0.39 is 15.5 Å². The Balaban J connectivity index is 0.000000292. The van der Waals surface area contributed by atoms with Gasteiger partial charge in [0.05, 0.1) is 7.11 Å². The third-order valence-electron chi connectivity index (χ3n) is 9.41. The molecule has 7 nitrogen and oxygen atoms in total. The number of carbonyl (C=O) groups excluding carboxylic acids is 1. The van der Waals surface area contributed by atoms with Gasteiger partial charge in [-0.25, -0.2) is 0 Å². The molecule has 0 aliphatic heterocycles. The topological polar surface area (TPSA) is 121 Å². The number of ketones is 1. The SMILES string of the molecule is C.COS(=O)(=O)c1cccc2c1C=CC(C)C2=O.[2H]Oc1ccc(C(C)(C)c2ccc(C(C)(c3ccc(O[2H])cc3)c3ccc(O[2H])cc3)cc2)cc1. The molecule has 0 saturated heterocycles. The van der Waals surface area contributed by atoms with Crippen molar-refractivity contribution >= 4 is 22.0 Å². The number of benzene rings is 5. The Hall–Kier alpha value is -5.18. The van der Waals surface area contributed by atoms with Crippen LogP contribution >= 0.6 is 0 Å². The molecule has 0 bridgehead atoms. The van der Waals surface area contributed by atoms with E-state index in [4.69, 9.17) is 4.29 Å². The Labute approximate surface area is 299 Å². The molecule has 5 aromatic rings. The lowest BCUT2D eigenvalue weighted by molar-refractivity contribution is 0.0951. The van der Waals surface area contributed by atoms with E-state index in [1.165, 1.54) is 11.6 Å². The molecular formula is C42H44O7S. The predicted molar refractivity (Wildman–Crippen MR) is 198 cm³/mol. The summed E-state index contributed by atoms with van der Waals surface area (Å²) in [4.78, 5) is 11.9. The minimum Gasteiger partial charge on any atom is -0.508 e. The van der Waals surface area contributed by atoms with E-state index in [0.29, 0.717) is 28.4 Å². The molecule has 6 rings (SSSR count). The van der Waals surface area contributed by atoms with Crippen LogP contribution < -0.4 is 0 Å². The predicted octanol–water partition coefficient (Wildman–Crippen LogP) is 8.99. The highest BCUT2D eigenvalue weighted by molar-refractivity contribution is 7.86. The molecule has 3 N–H and O–H groups in total. The second kappa shape index (κ2) is 14.7. The molecule has 0 amide bonds. The zero-order valence-electron chi connectivity index (χ0n) is 31.0. The van der Waals surface area contributed by atoms with Crippen LogP contribution in [0.1, 0.15) is 78.9 Å². The van der Waals surface area contributed by atoms with Gasteiger partial charge in [-0.2, -0.15) is 8.42 Å². The normalized spacial score (nSPS) is 14.8. The van der Waals surface area contributed by atoms with Crippen LogP contribution in [-0.4, -0.2) is 40.9 Å². The number of Topliss-reactive ketones (excluding diaryl/α,β-unsaturated/α-hetero) is 1. The third-order valence-corrected chi connectivity index (χ3v) is 10.7. The molecular weight excluding hydrogens is 649 g/mol. The highest BCUT2D eigenvalue weighted by Gasteiger charge is 2.32. The minimum absolute atomic E-state index is 0. The fourth-order valence-corrected chi connectivity index (χ4v) is 7.02. The molecule has 0 heterocycles. The number of aromatic hydroxyl groups is 3. The summed E-state index contributed by atoms with van der Waals surface area (Å²) in [5.41, 5.74) is 5.62. The second-order valence-electron chi connectivity index (χ2n) is 12.8. The standard InChI is InChI=1S/C29H28O3.C12H12O4S.CH4/c1-28(2,21-8-14-25(30)15-9-21)20-4-6-22(7-5-20)29(3,23-10-16-26(31)17-11-23)24-12-18-27(32)19-13-24;1-8-6-7-9-10(12(8)13)4-3-5-11(9)17(14,15)16-2;/h4-19,30-32H,1-3H3;3-8H,1-2H3;1H4/i/hD3. The monoisotopic (exact) mass is 695 g/mol. The fourth-order valence-electron chi connectivity index (χ4n) is 6.15. The average molecular weight is 696 g/mol. The van der Waals surface area contributed by atoms with Crippen molar-refractivity contribution in [3.05, 3.63) is 160 Å². The summed E-state index contributed by atoms with van der Waals surface area (Å²) in [7, 11) is -2.68. The molecule has 0 saturated carbocycles. The lowest BCUT2D eigenvalue weighted by Gasteiger charge is -2.33. The summed E-state index contributed by atoms with van der Waals surface area (Å²) < 4.78 is 49.3. The fraction of sp³-hybridized carbons (Fsp3) is 0.214. The summed E-state index contributed by atoms with van der Waals surface area (Å²) in [6, 6.07) is 35.9. The Kier molecular flexibility index (Phi) is 9.83. The Morgan fingerprint density at radius 3 is 1.48 bits per heavy atom. The lowest BCUT2D eigenvalue weighted by atomic mass is 9.70. The Morgan fingerprint density at radius 1 is 0.660 bits per heavy atom. The molecule has 1 aliphatic rings. The quantitative estimate of drug-likeness (QED) is 0.0985. The summed E-state index contributed by atoms with van der Waals surface area (Å²) in [5.74, 6) is 1.18. The number of hydrogen-bond donors (Lipinski definition) is 3. The summed E-state index contributed by atoms with van der Waals surface area (Å²) in [5, 5.41) is 13.8. The van der Waals surface area contributed by atoms with Crippen molar-refractivity contribution in [2.75, 3.05) is 7.11 Å². The number of hydrogen-bond acceptors (Lipinski definition) is 7. The van der Waals surface area contributed by atoms with Crippen molar-refractivity contribution in [1.82, 2.24) is 0 Å². The number of carbonyl (C=O) groups is 1. The first-order valence-electron chi connectivity index (χ1n) is 17.0. The maximum Gasteiger partial charge on any atom is 0.297 e. The number of phenols is 3. The first-order valence-corrected chi connectivity index (χ1v) is 17.2. The van der Waals surface area contributed by atoms with Gasteiger partial charge < -0.3 is 15.3 Å². The van der Waals surface area contributed by atoms with Gasteiger partial charge in [0, 0.05) is 27.9 Å². The minimum atomic E-state index is -3.78. The van der Waals surface area contributed by atoms with Crippen LogP contribution in [0.4, 0.5) is 0 Å². The smallest absolute Gasteiger partial charge is 0.297 e. The number of rotatable bonds is 10. The molecule has 50 heavy (non-hydrogen) atoms. The summed E-state index contributed by atoms with van der Waals surface area (Å²) >= 11 is 0. The molecule has 260 valence electrons. The molecule has 8 heteroatoms. The Morgan fingerprint density at radius 2 is 1.06 bits per heavy atom. The first kappa shape index (κ1) is 33.3. The number of fused-ring (bicyclic) bond motifs is 1. The molecule has 0 spiro atoms. The van der Waals surface area contributed by atoms with Crippen LogP contribution in [0.2, 0.25) is 0 Å². The van der Waals surface area contributed by atoms with Crippen LogP contribution in [0.3, 0.4) is 0 Å². The van der Waals surface area contributed by atoms with Crippen molar-refractivity contribution in [1.29, 1.82) is 4.29 Å². The van der Waals surface area contributed by atoms with Gasteiger partial charge in [-0.15, -0.1) is 0 Å². The van der Waals surface area contributed by atoms with E-state index >= 15 is 0 Å². The van der Waals surface area contributed by atoms with Gasteiger partial charge in [-0.05, 0) is 77.2 Å². The molecule has 0 aromatic heterocycles. The van der Waals surface area contributed by atoms with Gasteiger partial charge in [0.1, 0.15) is 22.1 Å². The van der Waals surface area contributed by atoms with E-state index in [0.717, 1.165) is 29.4 Å². The third kappa shape index (κ3) is 7.37. The van der Waals surface area contributed by atoms with E-state index in [2.05, 4.69) is 64.5 Å². The van der Waals surface area contributed by atoms with Crippen molar-refractivity contribution in [2.24, 2.45) is 5.92 Å². The number of allylic oxidation sites excluding steroid dienone is 1. The van der Waals surface area contributed by atoms with Gasteiger partial charge in [0.25, 0.3) is 14.4 Å². The van der Waals surface area contributed by atoms with Crippen LogP contribution in [0.25, 0.3) is 6.08 Å². The van der Waals surface area contributed by atoms with Crippen molar-refractivity contribution in [2.45, 2.75) is 50.8 Å². The van der Waals surface area contributed by atoms with Crippen LogP contribution in [0.15, 0.2) is 126 Å². The van der Waals surface area contributed by atoms with Crippen LogP contribution in [0, 0.1) is 5.92 Å². The highest BCUT2D eigenvalue weighted by atomic mass is 32.2. The van der Waals surface area contributed by atoms with Gasteiger partial charge in [-0.1, -0.05) is 113 Å². The van der Waals surface area contributed by atoms with Crippen molar-refractivity contribution in [3.63, 3.8) is 0 Å². The molecule has 1 unspecified atom stereocenters. The van der Waals surface area contributed by atoms with Gasteiger partial charge in [-0.3, -0.25) is 8.98 Å². The zero-order valence-corrected chi connectivity index (χ0v) is 28.8. The zero-order chi connectivity index (χ0) is 37.7. The van der Waals surface area contributed by atoms with Crippen LogP contribution in [-0.2, 0) is 25.1 Å². The van der Waals surface area contributed by atoms with E-state index in [9.17, 15) is 13.2 Å². The van der Waals surface area contributed by atoms with Gasteiger partial charge in [0.15, 0.2) is 5.78 Å². The molecule has 1 aliphatic carbocycles. The maximum absolute atomic E-state index is 11.9. The first-order chi connectivity index (χ1) is 24.8. The van der Waals surface area contributed by atoms with Crippen molar-refractivity contribution in [3.8, 4) is 17.2 Å². The van der Waals surface area contributed by atoms with Gasteiger partial charge >= 0.3 is 0 Å².